The average Bonchev–Trinajstić information content (AvgIpc) is 2.42. The van der Waals surface area contributed by atoms with Crippen LogP contribution in [0.5, 0.6) is 0 Å². The van der Waals surface area contributed by atoms with Crippen molar-refractivity contribution in [3.8, 4) is 0 Å². The van der Waals surface area contributed by atoms with Crippen LogP contribution in [-0.4, -0.2) is 22.6 Å². The number of carbonyl (C=O) groups is 1. The van der Waals surface area contributed by atoms with Crippen LogP contribution in [0, 0.1) is 0 Å². The van der Waals surface area contributed by atoms with Gasteiger partial charge < -0.3 is 4.74 Å². The maximum atomic E-state index is 11.5. The van der Waals surface area contributed by atoms with Gasteiger partial charge in [-0.2, -0.15) is 0 Å². The molecule has 0 saturated heterocycles. The van der Waals surface area contributed by atoms with Gasteiger partial charge in [-0.1, -0.05) is 22.0 Å². The number of halogens is 1. The SMILES string of the molecule is COC(=O)c1ccc(Cn2cccnc2=O)c(Br)c1. The summed E-state index contributed by atoms with van der Waals surface area (Å²) in [6.45, 7) is 0.384. The van der Waals surface area contributed by atoms with E-state index in [1.54, 1.807) is 30.5 Å². The van der Waals surface area contributed by atoms with Crippen LogP contribution in [0.3, 0.4) is 0 Å². The van der Waals surface area contributed by atoms with Crippen molar-refractivity contribution in [3.05, 3.63) is 62.7 Å². The van der Waals surface area contributed by atoms with Gasteiger partial charge >= 0.3 is 11.7 Å². The van der Waals surface area contributed by atoms with Gasteiger partial charge in [-0.3, -0.25) is 4.57 Å². The highest BCUT2D eigenvalue weighted by Crippen LogP contribution is 2.19. The molecular weight excluding hydrogens is 312 g/mol. The molecule has 1 aromatic heterocycles. The highest BCUT2D eigenvalue weighted by Gasteiger charge is 2.09. The Labute approximate surface area is 118 Å². The molecular formula is C13H11BrN2O3. The fourth-order valence-electron chi connectivity index (χ4n) is 1.61. The fraction of sp³-hybridized carbons (Fsp3) is 0.154. The van der Waals surface area contributed by atoms with E-state index in [0.717, 1.165) is 10.0 Å². The molecule has 0 aliphatic rings. The van der Waals surface area contributed by atoms with Crippen molar-refractivity contribution in [1.29, 1.82) is 0 Å². The van der Waals surface area contributed by atoms with Gasteiger partial charge in [0.2, 0.25) is 0 Å². The topological polar surface area (TPSA) is 61.2 Å². The summed E-state index contributed by atoms with van der Waals surface area (Å²) in [6.07, 6.45) is 3.12. The first kappa shape index (κ1) is 13.5. The molecule has 0 radical (unpaired) electrons. The number of aromatic nitrogens is 2. The fourth-order valence-corrected chi connectivity index (χ4v) is 2.12. The molecule has 0 spiro atoms. The number of esters is 1. The lowest BCUT2D eigenvalue weighted by atomic mass is 10.1. The van der Waals surface area contributed by atoms with E-state index < -0.39 is 5.97 Å². The average molecular weight is 323 g/mol. The standard InChI is InChI=1S/C13H11BrN2O3/c1-19-12(17)9-3-4-10(11(14)7-9)8-16-6-2-5-15-13(16)18/h2-7H,8H2,1H3. The van der Waals surface area contributed by atoms with Crippen LogP contribution in [-0.2, 0) is 11.3 Å². The highest BCUT2D eigenvalue weighted by molar-refractivity contribution is 9.10. The van der Waals surface area contributed by atoms with E-state index in [2.05, 4.69) is 25.7 Å². The minimum absolute atomic E-state index is 0.313. The lowest BCUT2D eigenvalue weighted by Gasteiger charge is -2.08. The minimum atomic E-state index is -0.397. The number of nitrogens with zero attached hydrogens (tertiary/aromatic N) is 2. The number of carbonyl (C=O) groups excluding carboxylic acids is 1. The Morgan fingerprint density at radius 1 is 1.47 bits per heavy atom. The largest absolute Gasteiger partial charge is 0.465 e. The minimum Gasteiger partial charge on any atom is -0.465 e. The van der Waals surface area contributed by atoms with Crippen molar-refractivity contribution < 1.29 is 9.53 Å². The van der Waals surface area contributed by atoms with Gasteiger partial charge in [0.1, 0.15) is 0 Å². The van der Waals surface area contributed by atoms with Crippen LogP contribution in [0.1, 0.15) is 15.9 Å². The monoisotopic (exact) mass is 322 g/mol. The van der Waals surface area contributed by atoms with Gasteiger partial charge in [0.25, 0.3) is 0 Å². The molecule has 0 bridgehead atoms. The van der Waals surface area contributed by atoms with E-state index in [-0.39, 0.29) is 5.69 Å². The quantitative estimate of drug-likeness (QED) is 0.809. The first-order valence-corrected chi connectivity index (χ1v) is 6.29. The number of methoxy groups -OCH3 is 1. The second kappa shape index (κ2) is 5.79. The lowest BCUT2D eigenvalue weighted by Crippen LogP contribution is -2.22. The third-order valence-electron chi connectivity index (χ3n) is 2.60. The van der Waals surface area contributed by atoms with Crippen LogP contribution >= 0.6 is 15.9 Å². The number of ether oxygens (including phenoxy) is 1. The molecule has 0 amide bonds. The molecule has 1 heterocycles. The molecule has 1 aromatic carbocycles. The van der Waals surface area contributed by atoms with Crippen molar-refractivity contribution in [2.75, 3.05) is 7.11 Å². The predicted octanol–water partition coefficient (Wildman–Crippen LogP) is 1.84. The van der Waals surface area contributed by atoms with Crippen molar-refractivity contribution in [2.45, 2.75) is 6.54 Å². The normalized spacial score (nSPS) is 10.2. The zero-order chi connectivity index (χ0) is 13.8. The van der Waals surface area contributed by atoms with Gasteiger partial charge in [0, 0.05) is 16.9 Å². The summed E-state index contributed by atoms with van der Waals surface area (Å²) in [5.74, 6) is -0.397. The van der Waals surface area contributed by atoms with Crippen molar-refractivity contribution >= 4 is 21.9 Å². The van der Waals surface area contributed by atoms with Gasteiger partial charge in [-0.05, 0) is 23.8 Å². The van der Waals surface area contributed by atoms with E-state index in [1.165, 1.54) is 17.9 Å². The molecule has 19 heavy (non-hydrogen) atoms. The summed E-state index contributed by atoms with van der Waals surface area (Å²) in [4.78, 5) is 26.6. The molecule has 0 unspecified atom stereocenters. The summed E-state index contributed by atoms with van der Waals surface area (Å²) < 4.78 is 6.87. The smallest absolute Gasteiger partial charge is 0.347 e. The van der Waals surface area contributed by atoms with Crippen molar-refractivity contribution in [2.24, 2.45) is 0 Å². The Balaban J connectivity index is 2.30. The Morgan fingerprint density at radius 2 is 2.26 bits per heavy atom. The lowest BCUT2D eigenvalue weighted by molar-refractivity contribution is 0.0600. The van der Waals surface area contributed by atoms with Crippen LogP contribution in [0.2, 0.25) is 0 Å². The summed E-state index contributed by atoms with van der Waals surface area (Å²) in [5.41, 5.74) is 1.02. The highest BCUT2D eigenvalue weighted by atomic mass is 79.9. The van der Waals surface area contributed by atoms with E-state index >= 15 is 0 Å². The second-order valence-corrected chi connectivity index (χ2v) is 4.68. The molecule has 5 nitrogen and oxygen atoms in total. The van der Waals surface area contributed by atoms with Crippen LogP contribution in [0.25, 0.3) is 0 Å². The number of hydrogen-bond donors (Lipinski definition) is 0. The Hall–Kier alpha value is -1.95. The van der Waals surface area contributed by atoms with Gasteiger partial charge in [-0.15, -0.1) is 0 Å². The maximum Gasteiger partial charge on any atom is 0.347 e. The third-order valence-corrected chi connectivity index (χ3v) is 3.34. The van der Waals surface area contributed by atoms with E-state index in [1.807, 2.05) is 0 Å². The van der Waals surface area contributed by atoms with Gasteiger partial charge in [-0.25, -0.2) is 14.6 Å². The molecule has 2 rings (SSSR count). The molecule has 0 atom stereocenters. The Kier molecular flexibility index (Phi) is 4.11. The zero-order valence-corrected chi connectivity index (χ0v) is 11.8. The second-order valence-electron chi connectivity index (χ2n) is 3.83. The van der Waals surface area contributed by atoms with E-state index in [4.69, 9.17) is 0 Å². The number of rotatable bonds is 3. The van der Waals surface area contributed by atoms with Gasteiger partial charge in [0.15, 0.2) is 0 Å². The molecule has 0 fully saturated rings. The zero-order valence-electron chi connectivity index (χ0n) is 10.2. The molecule has 0 aliphatic heterocycles. The van der Waals surface area contributed by atoms with E-state index in [9.17, 15) is 9.59 Å². The summed E-state index contributed by atoms with van der Waals surface area (Å²) >= 11 is 3.38. The summed E-state index contributed by atoms with van der Waals surface area (Å²) in [7, 11) is 1.33. The van der Waals surface area contributed by atoms with Crippen molar-refractivity contribution in [1.82, 2.24) is 9.55 Å². The van der Waals surface area contributed by atoms with Crippen molar-refractivity contribution in [3.63, 3.8) is 0 Å². The molecule has 98 valence electrons. The molecule has 0 saturated carbocycles. The third kappa shape index (κ3) is 3.08. The Bertz CT molecular complexity index is 667. The predicted molar refractivity (Wildman–Crippen MR) is 73.1 cm³/mol. The number of hydrogen-bond acceptors (Lipinski definition) is 4. The number of benzene rings is 1. The summed E-state index contributed by atoms with van der Waals surface area (Å²) in [6, 6.07) is 6.80. The molecule has 0 aliphatic carbocycles. The van der Waals surface area contributed by atoms with E-state index in [0.29, 0.717) is 12.1 Å². The summed E-state index contributed by atoms with van der Waals surface area (Å²) in [5, 5.41) is 0. The van der Waals surface area contributed by atoms with Crippen LogP contribution in [0.15, 0.2) is 45.9 Å². The molecule has 6 heteroatoms. The maximum absolute atomic E-state index is 11.5. The Morgan fingerprint density at radius 3 is 2.89 bits per heavy atom. The van der Waals surface area contributed by atoms with Crippen LogP contribution in [0.4, 0.5) is 0 Å². The molecule has 0 N–H and O–H groups in total. The molecule has 2 aromatic rings. The van der Waals surface area contributed by atoms with Crippen LogP contribution < -0.4 is 5.69 Å². The van der Waals surface area contributed by atoms with Gasteiger partial charge in [0.05, 0.1) is 19.2 Å². The first-order valence-electron chi connectivity index (χ1n) is 5.50. The first-order chi connectivity index (χ1) is 9.11.